The number of amides is 1. The second kappa shape index (κ2) is 2.90. The molecule has 0 N–H and O–H groups in total. The van der Waals surface area contributed by atoms with Crippen molar-refractivity contribution in [2.75, 3.05) is 11.4 Å². The molecule has 0 unspecified atom stereocenters. The van der Waals surface area contributed by atoms with Gasteiger partial charge in [-0.15, -0.1) is 0 Å². The number of nitrogens with zero attached hydrogens (tertiary/aromatic N) is 1. The van der Waals surface area contributed by atoms with Crippen molar-refractivity contribution in [3.05, 3.63) is 28.7 Å². The summed E-state index contributed by atoms with van der Waals surface area (Å²) >= 11 is 3.41. The highest BCUT2D eigenvalue weighted by Crippen LogP contribution is 2.29. The number of hydrogen-bond acceptors (Lipinski definition) is 1. The van der Waals surface area contributed by atoms with Crippen molar-refractivity contribution < 1.29 is 4.79 Å². The van der Waals surface area contributed by atoms with Gasteiger partial charge in [0.15, 0.2) is 0 Å². The molecule has 1 heterocycles. The fourth-order valence-corrected chi connectivity index (χ4v) is 1.74. The normalized spacial score (nSPS) is 16.1. The molecular formula is C9H8BrNO. The van der Waals surface area contributed by atoms with Crippen molar-refractivity contribution in [2.24, 2.45) is 0 Å². The van der Waals surface area contributed by atoms with Gasteiger partial charge in [-0.25, -0.2) is 0 Å². The molecule has 0 saturated carbocycles. The van der Waals surface area contributed by atoms with Crippen LogP contribution in [0.25, 0.3) is 0 Å². The maximum atomic E-state index is 11.1. The number of carbonyl (C=O) groups excluding carboxylic acids is 1. The van der Waals surface area contributed by atoms with Crippen LogP contribution < -0.4 is 4.90 Å². The van der Waals surface area contributed by atoms with E-state index in [1.807, 2.05) is 24.3 Å². The molecule has 0 atom stereocenters. The standard InChI is InChI=1S/C9H8BrNO/c10-7-3-1-2-4-8(7)11-6-5-9(11)12/h1-4H,5-6H2. The van der Waals surface area contributed by atoms with Gasteiger partial charge in [-0.05, 0) is 28.1 Å². The first-order chi connectivity index (χ1) is 5.79. The Labute approximate surface area is 79.3 Å². The smallest absolute Gasteiger partial charge is 0.228 e. The molecule has 62 valence electrons. The Morgan fingerprint density at radius 2 is 2.08 bits per heavy atom. The first-order valence-corrected chi connectivity index (χ1v) is 4.63. The van der Waals surface area contributed by atoms with Crippen LogP contribution in [0.5, 0.6) is 0 Å². The number of anilines is 1. The third-order valence-corrected chi connectivity index (χ3v) is 2.66. The molecule has 1 fully saturated rings. The van der Waals surface area contributed by atoms with E-state index in [1.54, 1.807) is 4.90 Å². The van der Waals surface area contributed by atoms with E-state index in [2.05, 4.69) is 15.9 Å². The quantitative estimate of drug-likeness (QED) is 0.672. The maximum absolute atomic E-state index is 11.1. The molecule has 0 radical (unpaired) electrons. The zero-order valence-corrected chi connectivity index (χ0v) is 8.04. The third-order valence-electron chi connectivity index (χ3n) is 1.99. The number of rotatable bonds is 1. The molecule has 0 bridgehead atoms. The minimum absolute atomic E-state index is 0.210. The summed E-state index contributed by atoms with van der Waals surface area (Å²) in [7, 11) is 0. The number of halogens is 1. The molecule has 1 aliphatic heterocycles. The zero-order valence-electron chi connectivity index (χ0n) is 6.46. The summed E-state index contributed by atoms with van der Waals surface area (Å²) < 4.78 is 0.984. The molecule has 0 spiro atoms. The van der Waals surface area contributed by atoms with Crippen LogP contribution in [0.15, 0.2) is 28.7 Å². The van der Waals surface area contributed by atoms with Crippen LogP contribution in [0.1, 0.15) is 6.42 Å². The summed E-state index contributed by atoms with van der Waals surface area (Å²) in [6.07, 6.45) is 0.682. The van der Waals surface area contributed by atoms with Crippen molar-refractivity contribution in [3.8, 4) is 0 Å². The number of β-lactam (4-membered cyclic amide) rings is 1. The lowest BCUT2D eigenvalue weighted by Gasteiger charge is -2.31. The molecule has 1 aromatic carbocycles. The van der Waals surface area contributed by atoms with Crippen LogP contribution in [0.2, 0.25) is 0 Å². The van der Waals surface area contributed by atoms with E-state index >= 15 is 0 Å². The van der Waals surface area contributed by atoms with Gasteiger partial charge in [0.2, 0.25) is 5.91 Å². The van der Waals surface area contributed by atoms with Gasteiger partial charge >= 0.3 is 0 Å². The van der Waals surface area contributed by atoms with E-state index in [0.29, 0.717) is 6.42 Å². The van der Waals surface area contributed by atoms with E-state index in [0.717, 1.165) is 16.7 Å². The van der Waals surface area contributed by atoms with Gasteiger partial charge in [0.1, 0.15) is 0 Å². The summed E-state index contributed by atoms with van der Waals surface area (Å²) in [5, 5.41) is 0. The Balaban J connectivity index is 2.33. The van der Waals surface area contributed by atoms with Gasteiger partial charge < -0.3 is 4.90 Å². The Hall–Kier alpha value is -0.830. The van der Waals surface area contributed by atoms with E-state index in [1.165, 1.54) is 0 Å². The average Bonchev–Trinajstić information content (AvgIpc) is 2.06. The minimum atomic E-state index is 0.210. The molecule has 2 rings (SSSR count). The van der Waals surface area contributed by atoms with Crippen molar-refractivity contribution in [1.82, 2.24) is 0 Å². The number of hydrogen-bond donors (Lipinski definition) is 0. The Morgan fingerprint density at radius 3 is 2.58 bits per heavy atom. The van der Waals surface area contributed by atoms with Crippen LogP contribution >= 0.6 is 15.9 Å². The highest BCUT2D eigenvalue weighted by atomic mass is 79.9. The van der Waals surface area contributed by atoms with E-state index in [4.69, 9.17) is 0 Å². The van der Waals surface area contributed by atoms with E-state index < -0.39 is 0 Å². The minimum Gasteiger partial charge on any atom is -0.311 e. The summed E-state index contributed by atoms with van der Waals surface area (Å²) in [6, 6.07) is 7.77. The molecular weight excluding hydrogens is 218 g/mol. The van der Waals surface area contributed by atoms with Gasteiger partial charge in [-0.2, -0.15) is 0 Å². The molecule has 1 aliphatic rings. The lowest BCUT2D eigenvalue weighted by Crippen LogP contribution is -2.43. The third kappa shape index (κ3) is 1.14. The molecule has 1 aromatic rings. The topological polar surface area (TPSA) is 20.3 Å². The van der Waals surface area contributed by atoms with Crippen molar-refractivity contribution in [2.45, 2.75) is 6.42 Å². The number of para-hydroxylation sites is 1. The lowest BCUT2D eigenvalue weighted by molar-refractivity contribution is -0.122. The van der Waals surface area contributed by atoms with Crippen LogP contribution in [0, 0.1) is 0 Å². The van der Waals surface area contributed by atoms with Crippen molar-refractivity contribution in [1.29, 1.82) is 0 Å². The Kier molecular flexibility index (Phi) is 1.89. The van der Waals surface area contributed by atoms with Crippen LogP contribution in [0.4, 0.5) is 5.69 Å². The molecule has 0 aliphatic carbocycles. The maximum Gasteiger partial charge on any atom is 0.228 e. The van der Waals surface area contributed by atoms with Gasteiger partial charge in [0.05, 0.1) is 5.69 Å². The molecule has 3 heteroatoms. The first-order valence-electron chi connectivity index (χ1n) is 3.84. The molecule has 0 aromatic heterocycles. The summed E-state index contributed by atoms with van der Waals surface area (Å²) in [6.45, 7) is 0.849. The second-order valence-electron chi connectivity index (χ2n) is 2.75. The lowest BCUT2D eigenvalue weighted by atomic mass is 10.1. The Bertz CT molecular complexity index is 324. The van der Waals surface area contributed by atoms with E-state index in [-0.39, 0.29) is 5.91 Å². The van der Waals surface area contributed by atoms with Crippen molar-refractivity contribution >= 4 is 27.5 Å². The zero-order chi connectivity index (χ0) is 8.55. The molecule has 1 amide bonds. The monoisotopic (exact) mass is 225 g/mol. The summed E-state index contributed by atoms with van der Waals surface area (Å²) in [4.78, 5) is 12.9. The highest BCUT2D eigenvalue weighted by Gasteiger charge is 2.26. The highest BCUT2D eigenvalue weighted by molar-refractivity contribution is 9.10. The first kappa shape index (κ1) is 7.80. The van der Waals surface area contributed by atoms with Gasteiger partial charge in [0.25, 0.3) is 0 Å². The predicted octanol–water partition coefficient (Wildman–Crippen LogP) is 2.19. The molecule has 2 nitrogen and oxygen atoms in total. The van der Waals surface area contributed by atoms with Crippen LogP contribution in [-0.4, -0.2) is 12.5 Å². The molecule has 1 saturated heterocycles. The van der Waals surface area contributed by atoms with E-state index in [9.17, 15) is 4.79 Å². The van der Waals surface area contributed by atoms with Gasteiger partial charge in [0, 0.05) is 17.4 Å². The summed E-state index contributed by atoms with van der Waals surface area (Å²) in [5.41, 5.74) is 0.980. The van der Waals surface area contributed by atoms with Gasteiger partial charge in [-0.1, -0.05) is 12.1 Å². The Morgan fingerprint density at radius 1 is 1.33 bits per heavy atom. The fourth-order valence-electron chi connectivity index (χ4n) is 1.24. The van der Waals surface area contributed by atoms with Crippen LogP contribution in [-0.2, 0) is 4.79 Å². The predicted molar refractivity (Wildman–Crippen MR) is 51.1 cm³/mol. The fraction of sp³-hybridized carbons (Fsp3) is 0.222. The van der Waals surface area contributed by atoms with Crippen LogP contribution in [0.3, 0.4) is 0 Å². The number of carbonyl (C=O) groups is 1. The molecule has 12 heavy (non-hydrogen) atoms. The van der Waals surface area contributed by atoms with Crippen molar-refractivity contribution in [3.63, 3.8) is 0 Å². The average molecular weight is 226 g/mol. The largest absolute Gasteiger partial charge is 0.311 e. The van der Waals surface area contributed by atoms with Gasteiger partial charge in [-0.3, -0.25) is 4.79 Å². The number of benzene rings is 1. The SMILES string of the molecule is O=C1CCN1c1ccccc1Br. The summed E-state index contributed by atoms with van der Waals surface area (Å²) in [5.74, 6) is 0.210. The second-order valence-corrected chi connectivity index (χ2v) is 3.60.